The molecular formula is C25H37NO3. The lowest BCUT2D eigenvalue weighted by Gasteiger charge is -2.56. The van der Waals surface area contributed by atoms with Gasteiger partial charge in [-0.25, -0.2) is 5.06 Å². The summed E-state index contributed by atoms with van der Waals surface area (Å²) in [7, 11) is 0. The van der Waals surface area contributed by atoms with Crippen molar-refractivity contribution in [2.24, 2.45) is 40.9 Å². The molecule has 5 rings (SSSR count). The highest BCUT2D eigenvalue weighted by atomic mass is 16.7. The van der Waals surface area contributed by atoms with Crippen molar-refractivity contribution < 1.29 is 14.7 Å². The summed E-state index contributed by atoms with van der Waals surface area (Å²) in [6.45, 7) is 8.74. The van der Waals surface area contributed by atoms with E-state index in [2.05, 4.69) is 13.5 Å². The number of Topliss-reactive ketones (excluding diaryl/α,β-unsaturated/α-hetero) is 1. The third kappa shape index (κ3) is 3.17. The lowest BCUT2D eigenvalue weighted by atomic mass is 9.49. The van der Waals surface area contributed by atoms with E-state index in [4.69, 9.17) is 4.84 Å². The third-order valence-corrected chi connectivity index (χ3v) is 9.69. The number of ketones is 1. The van der Waals surface area contributed by atoms with Crippen LogP contribution in [0.5, 0.6) is 0 Å². The maximum Gasteiger partial charge on any atom is 0.159 e. The van der Waals surface area contributed by atoms with E-state index in [9.17, 15) is 9.90 Å². The van der Waals surface area contributed by atoms with Gasteiger partial charge in [0.1, 0.15) is 12.8 Å². The fraction of sp³-hybridized carbons (Fsp3) is 0.800. The van der Waals surface area contributed by atoms with E-state index in [0.717, 1.165) is 42.7 Å². The van der Waals surface area contributed by atoms with Crippen molar-refractivity contribution in [3.63, 3.8) is 0 Å². The number of hydroxylamine groups is 2. The molecular weight excluding hydrogens is 362 g/mol. The van der Waals surface area contributed by atoms with Gasteiger partial charge in [-0.1, -0.05) is 13.5 Å². The number of nitrogens with zero attached hydrogens (tertiary/aromatic N) is 1. The van der Waals surface area contributed by atoms with Crippen molar-refractivity contribution in [3.05, 3.63) is 24.6 Å². The zero-order valence-corrected chi connectivity index (χ0v) is 18.1. The Morgan fingerprint density at radius 3 is 2.69 bits per heavy atom. The molecule has 4 heteroatoms. The van der Waals surface area contributed by atoms with Gasteiger partial charge in [0.15, 0.2) is 5.78 Å². The zero-order valence-electron chi connectivity index (χ0n) is 18.1. The normalized spacial score (nSPS) is 48.7. The first-order valence-corrected chi connectivity index (χ1v) is 11.8. The van der Waals surface area contributed by atoms with E-state index >= 15 is 0 Å². The Balaban J connectivity index is 1.30. The molecule has 0 radical (unpaired) electrons. The third-order valence-electron chi connectivity index (χ3n) is 9.69. The molecule has 0 amide bonds. The van der Waals surface area contributed by atoms with Crippen LogP contribution in [0.3, 0.4) is 0 Å². The SMILES string of the molecule is C=C1C=CON1CC(=O)[C@H]1CC[C@H]2[C@@H]3CC[C@@H]4C[C@](C)(O)CC[C@@H]4[C@H]3CC[C@]12C. The fourth-order valence-corrected chi connectivity index (χ4v) is 8.33. The molecule has 0 saturated heterocycles. The van der Waals surface area contributed by atoms with Crippen molar-refractivity contribution in [3.8, 4) is 0 Å². The standard InChI is InChI=1S/C25H37NO3/c1-16-10-13-29-26(16)15-23(27)22-7-6-21-20-5-4-17-14-24(2,28)11-8-18(17)19(20)9-12-25(21,22)3/h10,13,17-22,28H,1,4-9,11-12,14-15H2,2-3H3/t17-,18+,19-,20-,21+,22-,24-,25+/m1/s1. The predicted octanol–water partition coefficient (Wildman–Crippen LogP) is 4.85. The van der Waals surface area contributed by atoms with Crippen molar-refractivity contribution in [1.82, 2.24) is 5.06 Å². The summed E-state index contributed by atoms with van der Waals surface area (Å²) in [6.07, 6.45) is 13.9. The Morgan fingerprint density at radius 2 is 1.93 bits per heavy atom. The maximum absolute atomic E-state index is 13.2. The number of fused-ring (bicyclic) bond motifs is 5. The first-order valence-electron chi connectivity index (χ1n) is 11.8. The molecule has 1 N–H and O–H groups in total. The van der Waals surface area contributed by atoms with Crippen LogP contribution in [0.25, 0.3) is 0 Å². The first kappa shape index (κ1) is 19.7. The van der Waals surface area contributed by atoms with Gasteiger partial charge in [-0.05, 0) is 99.7 Å². The van der Waals surface area contributed by atoms with Crippen LogP contribution < -0.4 is 0 Å². The number of carbonyl (C=O) groups excluding carboxylic acids is 1. The van der Waals surface area contributed by atoms with E-state index in [-0.39, 0.29) is 11.3 Å². The summed E-state index contributed by atoms with van der Waals surface area (Å²) in [4.78, 5) is 18.7. The summed E-state index contributed by atoms with van der Waals surface area (Å²) < 4.78 is 0. The minimum Gasteiger partial charge on any atom is -0.390 e. The second-order valence-electron chi connectivity index (χ2n) is 11.3. The molecule has 5 aliphatic rings. The molecule has 0 bridgehead atoms. The number of hydrogen-bond acceptors (Lipinski definition) is 4. The lowest BCUT2D eigenvalue weighted by Crippen LogP contribution is -2.51. The monoisotopic (exact) mass is 399 g/mol. The van der Waals surface area contributed by atoms with Gasteiger partial charge in [-0.3, -0.25) is 4.79 Å². The minimum absolute atomic E-state index is 0.153. The highest BCUT2D eigenvalue weighted by Gasteiger charge is 2.58. The number of hydrogen-bond donors (Lipinski definition) is 1. The van der Waals surface area contributed by atoms with Crippen LogP contribution in [-0.2, 0) is 9.63 Å². The van der Waals surface area contributed by atoms with Gasteiger partial charge >= 0.3 is 0 Å². The smallest absolute Gasteiger partial charge is 0.159 e. The highest BCUT2D eigenvalue weighted by Crippen LogP contribution is 2.64. The van der Waals surface area contributed by atoms with Crippen molar-refractivity contribution >= 4 is 5.78 Å². The Hall–Kier alpha value is -1.29. The van der Waals surface area contributed by atoms with Gasteiger partial charge in [0, 0.05) is 12.0 Å². The Bertz CT molecular complexity index is 728. The van der Waals surface area contributed by atoms with Crippen LogP contribution in [0, 0.1) is 40.9 Å². The Labute approximate surface area is 175 Å². The minimum atomic E-state index is -0.446. The van der Waals surface area contributed by atoms with E-state index in [1.807, 2.05) is 13.0 Å². The molecule has 1 heterocycles. The molecule has 0 aromatic rings. The van der Waals surface area contributed by atoms with Gasteiger partial charge in [0.2, 0.25) is 0 Å². The molecule has 0 aromatic carbocycles. The van der Waals surface area contributed by atoms with Gasteiger partial charge in [0.25, 0.3) is 0 Å². The molecule has 0 aromatic heterocycles. The Kier molecular flexibility index (Phi) is 4.65. The fourth-order valence-electron chi connectivity index (χ4n) is 8.33. The quantitative estimate of drug-likeness (QED) is 0.737. The first-order chi connectivity index (χ1) is 13.8. The average Bonchev–Trinajstić information content (AvgIpc) is 3.23. The summed E-state index contributed by atoms with van der Waals surface area (Å²) in [5.41, 5.74) is 0.478. The molecule has 4 nitrogen and oxygen atoms in total. The van der Waals surface area contributed by atoms with Crippen molar-refractivity contribution in [2.45, 2.75) is 77.2 Å². The number of allylic oxidation sites excluding steroid dienone is 1. The summed E-state index contributed by atoms with van der Waals surface area (Å²) in [6, 6.07) is 0. The van der Waals surface area contributed by atoms with Gasteiger partial charge in [0.05, 0.1) is 11.3 Å². The molecule has 1 aliphatic heterocycles. The lowest BCUT2D eigenvalue weighted by molar-refractivity contribution is -0.140. The molecule has 8 atom stereocenters. The number of rotatable bonds is 3. The number of aliphatic hydroxyl groups is 1. The summed E-state index contributed by atoms with van der Waals surface area (Å²) in [5, 5.41) is 12.2. The summed E-state index contributed by atoms with van der Waals surface area (Å²) >= 11 is 0. The average molecular weight is 400 g/mol. The molecule has 29 heavy (non-hydrogen) atoms. The second-order valence-corrected chi connectivity index (χ2v) is 11.3. The molecule has 0 unspecified atom stereocenters. The van der Waals surface area contributed by atoms with E-state index in [1.165, 1.54) is 38.5 Å². The van der Waals surface area contributed by atoms with Crippen LogP contribution in [0.2, 0.25) is 0 Å². The molecule has 4 aliphatic carbocycles. The van der Waals surface area contributed by atoms with Crippen LogP contribution in [0.4, 0.5) is 0 Å². The van der Waals surface area contributed by atoms with E-state index in [1.54, 1.807) is 11.3 Å². The molecule has 4 saturated carbocycles. The predicted molar refractivity (Wildman–Crippen MR) is 112 cm³/mol. The zero-order chi connectivity index (χ0) is 20.4. The van der Waals surface area contributed by atoms with Crippen LogP contribution in [0.15, 0.2) is 24.6 Å². The van der Waals surface area contributed by atoms with Gasteiger partial charge < -0.3 is 9.94 Å². The Morgan fingerprint density at radius 1 is 1.14 bits per heavy atom. The van der Waals surface area contributed by atoms with Gasteiger partial charge in [-0.15, -0.1) is 0 Å². The molecule has 0 spiro atoms. The topological polar surface area (TPSA) is 49.8 Å². The van der Waals surface area contributed by atoms with E-state index in [0.29, 0.717) is 24.2 Å². The number of carbonyl (C=O) groups is 1. The van der Waals surface area contributed by atoms with Crippen molar-refractivity contribution in [1.29, 1.82) is 0 Å². The maximum atomic E-state index is 13.2. The van der Waals surface area contributed by atoms with E-state index < -0.39 is 5.60 Å². The summed E-state index contributed by atoms with van der Waals surface area (Å²) in [5.74, 6) is 4.32. The molecule has 4 fully saturated rings. The van der Waals surface area contributed by atoms with Gasteiger partial charge in [-0.2, -0.15) is 0 Å². The van der Waals surface area contributed by atoms with Crippen LogP contribution in [-0.4, -0.2) is 28.1 Å². The largest absolute Gasteiger partial charge is 0.390 e. The molecule has 160 valence electrons. The van der Waals surface area contributed by atoms with Crippen LogP contribution >= 0.6 is 0 Å². The van der Waals surface area contributed by atoms with Crippen molar-refractivity contribution in [2.75, 3.05) is 6.54 Å². The second kappa shape index (κ2) is 6.87. The van der Waals surface area contributed by atoms with Crippen LogP contribution in [0.1, 0.15) is 71.6 Å². The highest BCUT2D eigenvalue weighted by molar-refractivity contribution is 5.84.